The molecule has 2 rings (SSSR count). The lowest BCUT2D eigenvalue weighted by Gasteiger charge is -2.18. The second-order valence-electron chi connectivity index (χ2n) is 10.8. The topological polar surface area (TPSA) is 141 Å². The molecule has 0 saturated carbocycles. The van der Waals surface area contributed by atoms with Crippen LogP contribution >= 0.6 is 0 Å². The van der Waals surface area contributed by atoms with Crippen molar-refractivity contribution >= 4 is 29.7 Å². The summed E-state index contributed by atoms with van der Waals surface area (Å²) in [6, 6.07) is 12.4. The van der Waals surface area contributed by atoms with E-state index < -0.39 is 18.5 Å². The average molecular weight is 621 g/mol. The highest BCUT2D eigenvalue weighted by atomic mass is 16.6. The van der Waals surface area contributed by atoms with Gasteiger partial charge in [0.15, 0.2) is 6.61 Å². The van der Waals surface area contributed by atoms with Crippen LogP contribution in [0.2, 0.25) is 0 Å². The first kappa shape index (κ1) is 36.7. The molecule has 2 aromatic carbocycles. The molecule has 0 fully saturated rings. The summed E-state index contributed by atoms with van der Waals surface area (Å²) in [5.41, 5.74) is 0.837. The summed E-state index contributed by atoms with van der Waals surface area (Å²) < 4.78 is 20.7. The largest absolute Gasteiger partial charge is 0.459 e. The third-order valence-electron chi connectivity index (χ3n) is 7.16. The summed E-state index contributed by atoms with van der Waals surface area (Å²) in [6.07, 6.45) is 17.4. The molecule has 0 N–H and O–H groups in total. The van der Waals surface area contributed by atoms with Gasteiger partial charge < -0.3 is 18.9 Å². The Bertz CT molecular complexity index is 1250. The van der Waals surface area contributed by atoms with Crippen molar-refractivity contribution in [1.29, 1.82) is 5.26 Å². The molecule has 0 aromatic heterocycles. The van der Waals surface area contributed by atoms with Crippen LogP contribution in [0.15, 0.2) is 53.5 Å². The van der Waals surface area contributed by atoms with Gasteiger partial charge in [0.25, 0.3) is 6.26 Å². The van der Waals surface area contributed by atoms with E-state index in [0.29, 0.717) is 23.4 Å². The zero-order valence-electron chi connectivity index (χ0n) is 26.2. The second-order valence-corrected chi connectivity index (χ2v) is 10.8. The molecule has 0 aliphatic rings. The van der Waals surface area contributed by atoms with Gasteiger partial charge in [0.1, 0.15) is 17.6 Å². The number of hydrogen-bond acceptors (Lipinski definition) is 10. The fourth-order valence-electron chi connectivity index (χ4n) is 4.71. The number of carbonyl (C=O) groups is 3. The molecule has 0 heterocycles. The molecule has 0 bridgehead atoms. The lowest BCUT2D eigenvalue weighted by molar-refractivity contribution is -0.153. The first-order valence-corrected chi connectivity index (χ1v) is 15.9. The van der Waals surface area contributed by atoms with Crippen molar-refractivity contribution in [2.75, 3.05) is 6.61 Å². The van der Waals surface area contributed by atoms with Crippen LogP contribution in [-0.2, 0) is 23.9 Å². The van der Waals surface area contributed by atoms with Crippen molar-refractivity contribution in [2.24, 2.45) is 4.99 Å². The monoisotopic (exact) mass is 620 g/mol. The van der Waals surface area contributed by atoms with Crippen molar-refractivity contribution in [3.8, 4) is 17.8 Å². The number of nitriles is 1. The first-order chi connectivity index (χ1) is 21.9. The van der Waals surface area contributed by atoms with Gasteiger partial charge in [0, 0.05) is 6.42 Å². The zero-order chi connectivity index (χ0) is 32.5. The van der Waals surface area contributed by atoms with Crippen molar-refractivity contribution in [3.05, 3.63) is 54.1 Å². The minimum Gasteiger partial charge on any atom is -0.459 e. The number of isocyanates is 1. The molecule has 242 valence electrons. The Hall–Kier alpha value is -4.48. The van der Waals surface area contributed by atoms with E-state index in [-0.39, 0.29) is 24.2 Å². The number of rotatable bonds is 23. The van der Waals surface area contributed by atoms with Crippen LogP contribution < -0.4 is 9.47 Å². The Kier molecular flexibility index (Phi) is 18.7. The molecule has 0 spiro atoms. The van der Waals surface area contributed by atoms with Crippen molar-refractivity contribution in [2.45, 2.75) is 109 Å². The van der Waals surface area contributed by atoms with Gasteiger partial charge in [-0.3, -0.25) is 4.79 Å². The smallest absolute Gasteiger partial charge is 0.349 e. The Morgan fingerprint density at radius 1 is 0.756 bits per heavy atom. The van der Waals surface area contributed by atoms with Crippen LogP contribution in [0.1, 0.15) is 114 Å². The molecule has 45 heavy (non-hydrogen) atoms. The summed E-state index contributed by atoms with van der Waals surface area (Å²) in [4.78, 5) is 50.2. The van der Waals surface area contributed by atoms with Gasteiger partial charge in [-0.05, 0) is 80.6 Å². The normalized spacial score (nSPS) is 11.0. The van der Waals surface area contributed by atoms with Crippen LogP contribution in [0.5, 0.6) is 11.5 Å². The Morgan fingerprint density at radius 2 is 1.33 bits per heavy atom. The van der Waals surface area contributed by atoms with Crippen LogP contribution in [0.3, 0.4) is 0 Å². The highest BCUT2D eigenvalue weighted by molar-refractivity contribution is 5.89. The zero-order valence-corrected chi connectivity index (χ0v) is 26.2. The van der Waals surface area contributed by atoms with E-state index in [9.17, 15) is 19.2 Å². The van der Waals surface area contributed by atoms with Gasteiger partial charge in [-0.15, -0.1) is 5.26 Å². The van der Waals surface area contributed by atoms with E-state index >= 15 is 0 Å². The molecule has 10 nitrogen and oxygen atoms in total. The second kappa shape index (κ2) is 23.0. The first-order valence-electron chi connectivity index (χ1n) is 15.9. The van der Waals surface area contributed by atoms with E-state index in [1.165, 1.54) is 36.8 Å². The lowest BCUT2D eigenvalue weighted by atomic mass is 10.0. The molecule has 1 atom stereocenters. The molecule has 10 heteroatoms. The van der Waals surface area contributed by atoms with Crippen LogP contribution in [0.4, 0.5) is 5.69 Å². The maximum absolute atomic E-state index is 12.7. The Morgan fingerprint density at radius 3 is 1.93 bits per heavy atom. The minimum absolute atomic E-state index is 0.109. The molecule has 0 aliphatic heterocycles. The molecule has 2 aromatic rings. The van der Waals surface area contributed by atoms with E-state index in [2.05, 4.69) is 11.9 Å². The number of hydrogen-bond donors (Lipinski definition) is 0. The maximum atomic E-state index is 12.7. The Balaban J connectivity index is 1.54. The van der Waals surface area contributed by atoms with Crippen molar-refractivity contribution < 1.29 is 38.1 Å². The molecule has 0 radical (unpaired) electrons. The van der Waals surface area contributed by atoms with Crippen molar-refractivity contribution in [1.82, 2.24) is 0 Å². The molecule has 0 amide bonds. The predicted octanol–water partition coefficient (Wildman–Crippen LogP) is 8.06. The van der Waals surface area contributed by atoms with Crippen LogP contribution in [0, 0.1) is 11.5 Å². The number of carbonyl (C=O) groups excluding carboxylic acids is 4. The fraction of sp³-hybridized carbons (Fsp3) is 0.514. The predicted molar refractivity (Wildman–Crippen MR) is 168 cm³/mol. The summed E-state index contributed by atoms with van der Waals surface area (Å²) in [6.45, 7) is 1.71. The van der Waals surface area contributed by atoms with E-state index in [0.717, 1.165) is 77.0 Å². The van der Waals surface area contributed by atoms with Gasteiger partial charge in [0.2, 0.25) is 6.08 Å². The van der Waals surface area contributed by atoms with Gasteiger partial charge >= 0.3 is 17.9 Å². The molecule has 0 unspecified atom stereocenters. The highest BCUT2D eigenvalue weighted by Crippen LogP contribution is 2.20. The summed E-state index contributed by atoms with van der Waals surface area (Å²) in [5, 5.41) is 8.62. The molecule has 0 aliphatic carbocycles. The average Bonchev–Trinajstić information content (AvgIpc) is 3.04. The number of ether oxygens (including phenoxy) is 4. The standard InChI is InChI=1S/C35H44N2O8/c1-2-3-4-11-14-31(45-35(41)28-17-21-30(22-18-28)43-26-36)15-12-9-7-5-6-8-10-13-16-33(39)42-25-34(40)44-32-23-19-29(20-24-32)37-27-38/h17-24,31H,2-16,25H2,1H3/t31-/m1/s1. The summed E-state index contributed by atoms with van der Waals surface area (Å²) in [7, 11) is 0. The quantitative estimate of drug-likeness (QED) is 0.0301. The number of unbranched alkanes of at least 4 members (excludes halogenated alkanes) is 10. The van der Waals surface area contributed by atoms with E-state index in [4.69, 9.17) is 24.2 Å². The van der Waals surface area contributed by atoms with Crippen molar-refractivity contribution in [3.63, 3.8) is 0 Å². The maximum Gasteiger partial charge on any atom is 0.349 e. The van der Waals surface area contributed by atoms with Gasteiger partial charge in [-0.25, -0.2) is 14.4 Å². The van der Waals surface area contributed by atoms with E-state index in [1.54, 1.807) is 30.5 Å². The summed E-state index contributed by atoms with van der Waals surface area (Å²) >= 11 is 0. The third-order valence-corrected chi connectivity index (χ3v) is 7.16. The Labute approximate surface area is 265 Å². The number of benzene rings is 2. The minimum atomic E-state index is -0.686. The highest BCUT2D eigenvalue weighted by Gasteiger charge is 2.16. The summed E-state index contributed by atoms with van der Waals surface area (Å²) in [5.74, 6) is -0.820. The lowest BCUT2D eigenvalue weighted by Crippen LogP contribution is -2.18. The molecular formula is C35H44N2O8. The van der Waals surface area contributed by atoms with Crippen LogP contribution in [-0.4, -0.2) is 36.7 Å². The number of aliphatic imine (C=N–C) groups is 1. The number of esters is 3. The van der Waals surface area contributed by atoms with E-state index in [1.807, 2.05) is 0 Å². The third kappa shape index (κ3) is 16.8. The van der Waals surface area contributed by atoms with Gasteiger partial charge in [-0.1, -0.05) is 64.7 Å². The fourth-order valence-corrected chi connectivity index (χ4v) is 4.71. The number of nitrogens with zero attached hydrogens (tertiary/aromatic N) is 2. The van der Waals surface area contributed by atoms with Crippen LogP contribution in [0.25, 0.3) is 0 Å². The van der Waals surface area contributed by atoms with Gasteiger partial charge in [-0.2, -0.15) is 4.99 Å². The van der Waals surface area contributed by atoms with Gasteiger partial charge in [0.05, 0.1) is 11.3 Å². The SMILES string of the molecule is CCCCCC[C@H](CCCCCCCCCCC(=O)OCC(=O)Oc1ccc(N=C=O)cc1)OC(=O)c1ccc(OC#N)cc1. The molecule has 0 saturated heterocycles. The molecular weight excluding hydrogens is 576 g/mol.